The predicted octanol–water partition coefficient (Wildman–Crippen LogP) is 3.80. The summed E-state index contributed by atoms with van der Waals surface area (Å²) in [4.78, 5) is 0. The van der Waals surface area contributed by atoms with Crippen LogP contribution in [0.4, 0.5) is 19.0 Å². The number of hydrogen-bond acceptors (Lipinski definition) is 2. The standard InChI is InChI=1S/C13H14F3N3/c1-7(2)8-3-5-9(6-4-8)10-11(13(14,15)16)18-19-12(10)17/h3-7H,1-2H3,(H3,17,18,19). The van der Waals surface area contributed by atoms with Gasteiger partial charge in [0.25, 0.3) is 0 Å². The third kappa shape index (κ3) is 2.57. The molecule has 0 radical (unpaired) electrons. The van der Waals surface area contributed by atoms with Crippen molar-refractivity contribution in [2.75, 3.05) is 5.73 Å². The third-order valence-corrected chi connectivity index (χ3v) is 2.94. The van der Waals surface area contributed by atoms with Gasteiger partial charge in [-0.3, -0.25) is 5.10 Å². The summed E-state index contributed by atoms with van der Waals surface area (Å²) in [7, 11) is 0. The zero-order valence-corrected chi connectivity index (χ0v) is 10.5. The lowest BCUT2D eigenvalue weighted by atomic mass is 9.98. The highest BCUT2D eigenvalue weighted by Gasteiger charge is 2.37. The van der Waals surface area contributed by atoms with Gasteiger partial charge in [0.2, 0.25) is 0 Å². The summed E-state index contributed by atoms with van der Waals surface area (Å²) < 4.78 is 38.5. The molecule has 0 atom stereocenters. The van der Waals surface area contributed by atoms with Crippen molar-refractivity contribution in [3.05, 3.63) is 35.5 Å². The first kappa shape index (κ1) is 13.5. The molecule has 2 aromatic rings. The number of H-pyrrole nitrogens is 1. The Morgan fingerprint density at radius 2 is 1.74 bits per heavy atom. The number of anilines is 1. The van der Waals surface area contributed by atoms with E-state index in [4.69, 9.17) is 5.73 Å². The Kier molecular flexibility index (Phi) is 3.26. The lowest BCUT2D eigenvalue weighted by Gasteiger charge is -2.09. The molecule has 0 spiro atoms. The molecule has 1 aromatic carbocycles. The second-order valence-electron chi connectivity index (χ2n) is 4.63. The van der Waals surface area contributed by atoms with Gasteiger partial charge >= 0.3 is 6.18 Å². The zero-order valence-electron chi connectivity index (χ0n) is 10.5. The molecule has 0 fully saturated rings. The van der Waals surface area contributed by atoms with Gasteiger partial charge in [0, 0.05) is 0 Å². The number of hydrogen-bond donors (Lipinski definition) is 2. The van der Waals surface area contributed by atoms with Crippen LogP contribution >= 0.6 is 0 Å². The molecule has 3 N–H and O–H groups in total. The molecule has 0 aliphatic carbocycles. The monoisotopic (exact) mass is 269 g/mol. The van der Waals surface area contributed by atoms with Gasteiger partial charge < -0.3 is 5.73 Å². The first-order chi connectivity index (χ1) is 8.80. The van der Waals surface area contributed by atoms with E-state index in [0.717, 1.165) is 5.56 Å². The van der Waals surface area contributed by atoms with E-state index in [0.29, 0.717) is 11.5 Å². The van der Waals surface area contributed by atoms with Crippen LogP contribution in [0, 0.1) is 0 Å². The minimum absolute atomic E-state index is 0.0946. The van der Waals surface area contributed by atoms with Crippen molar-refractivity contribution in [2.24, 2.45) is 0 Å². The molecule has 0 bridgehead atoms. The van der Waals surface area contributed by atoms with E-state index in [2.05, 4.69) is 5.10 Å². The first-order valence-electron chi connectivity index (χ1n) is 5.82. The van der Waals surface area contributed by atoms with E-state index >= 15 is 0 Å². The maximum Gasteiger partial charge on any atom is 0.433 e. The molecule has 0 aliphatic rings. The van der Waals surface area contributed by atoms with Crippen molar-refractivity contribution < 1.29 is 13.2 Å². The summed E-state index contributed by atoms with van der Waals surface area (Å²) >= 11 is 0. The van der Waals surface area contributed by atoms with E-state index in [1.165, 1.54) is 0 Å². The zero-order chi connectivity index (χ0) is 14.2. The average Bonchev–Trinajstić information content (AvgIpc) is 2.71. The fourth-order valence-corrected chi connectivity index (χ4v) is 1.89. The van der Waals surface area contributed by atoms with Crippen molar-refractivity contribution in [3.8, 4) is 11.1 Å². The Morgan fingerprint density at radius 1 is 1.16 bits per heavy atom. The molecule has 1 aromatic heterocycles. The van der Waals surface area contributed by atoms with Crippen LogP contribution in [-0.2, 0) is 6.18 Å². The summed E-state index contributed by atoms with van der Waals surface area (Å²) in [5, 5.41) is 5.40. The summed E-state index contributed by atoms with van der Waals surface area (Å²) in [5.41, 5.74) is 5.98. The highest BCUT2D eigenvalue weighted by Crippen LogP contribution is 2.38. The van der Waals surface area contributed by atoms with Crippen LogP contribution in [0.25, 0.3) is 11.1 Å². The normalized spacial score (nSPS) is 12.1. The van der Waals surface area contributed by atoms with Crippen LogP contribution in [0.2, 0.25) is 0 Å². The van der Waals surface area contributed by atoms with Crippen LogP contribution in [0.1, 0.15) is 31.0 Å². The minimum Gasteiger partial charge on any atom is -0.382 e. The Hall–Kier alpha value is -1.98. The van der Waals surface area contributed by atoms with Gasteiger partial charge in [0.15, 0.2) is 5.82 Å². The number of nitrogen functional groups attached to an aromatic ring is 1. The number of rotatable bonds is 2. The van der Waals surface area contributed by atoms with Crippen LogP contribution in [0.3, 0.4) is 0 Å². The van der Waals surface area contributed by atoms with Gasteiger partial charge in [-0.05, 0) is 17.0 Å². The van der Waals surface area contributed by atoms with Crippen LogP contribution in [-0.4, -0.2) is 10.2 Å². The molecular weight excluding hydrogens is 255 g/mol. The highest BCUT2D eigenvalue weighted by atomic mass is 19.4. The number of nitrogens with two attached hydrogens (primary N) is 1. The van der Waals surface area contributed by atoms with Crippen LogP contribution in [0.15, 0.2) is 24.3 Å². The largest absolute Gasteiger partial charge is 0.433 e. The maximum absolute atomic E-state index is 12.8. The van der Waals surface area contributed by atoms with E-state index in [-0.39, 0.29) is 11.4 Å². The minimum atomic E-state index is -4.50. The molecular formula is C13H14F3N3. The van der Waals surface area contributed by atoms with Crippen LogP contribution < -0.4 is 5.73 Å². The molecule has 3 nitrogen and oxygen atoms in total. The smallest absolute Gasteiger partial charge is 0.382 e. The number of nitrogens with one attached hydrogen (secondary N) is 1. The Morgan fingerprint density at radius 3 is 2.21 bits per heavy atom. The molecule has 0 saturated carbocycles. The Bertz CT molecular complexity index is 568. The second-order valence-corrected chi connectivity index (χ2v) is 4.63. The quantitative estimate of drug-likeness (QED) is 0.871. The molecule has 19 heavy (non-hydrogen) atoms. The molecule has 0 aliphatic heterocycles. The van der Waals surface area contributed by atoms with Gasteiger partial charge in [-0.15, -0.1) is 0 Å². The summed E-state index contributed by atoms with van der Waals surface area (Å²) in [6.45, 7) is 4.03. The number of halogens is 3. The van der Waals surface area contributed by atoms with E-state index in [9.17, 15) is 13.2 Å². The number of aromatic nitrogens is 2. The lowest BCUT2D eigenvalue weighted by Crippen LogP contribution is -2.07. The summed E-state index contributed by atoms with van der Waals surface area (Å²) in [5.74, 6) is 0.169. The van der Waals surface area contributed by atoms with Crippen LogP contribution in [0.5, 0.6) is 0 Å². The second kappa shape index (κ2) is 4.60. The molecule has 102 valence electrons. The summed E-state index contributed by atoms with van der Waals surface area (Å²) in [6.07, 6.45) is -4.50. The molecule has 0 saturated heterocycles. The summed E-state index contributed by atoms with van der Waals surface area (Å²) in [6, 6.07) is 6.86. The van der Waals surface area contributed by atoms with Crippen molar-refractivity contribution in [1.82, 2.24) is 10.2 Å². The lowest BCUT2D eigenvalue weighted by molar-refractivity contribution is -0.140. The number of nitrogens with zero attached hydrogens (tertiary/aromatic N) is 1. The fraction of sp³-hybridized carbons (Fsp3) is 0.308. The maximum atomic E-state index is 12.8. The predicted molar refractivity (Wildman–Crippen MR) is 67.5 cm³/mol. The van der Waals surface area contributed by atoms with Crippen molar-refractivity contribution in [2.45, 2.75) is 25.9 Å². The average molecular weight is 269 g/mol. The highest BCUT2D eigenvalue weighted by molar-refractivity contribution is 5.76. The van der Waals surface area contributed by atoms with Gasteiger partial charge in [-0.25, -0.2) is 0 Å². The van der Waals surface area contributed by atoms with E-state index in [1.807, 2.05) is 18.9 Å². The van der Waals surface area contributed by atoms with Gasteiger partial charge in [-0.1, -0.05) is 38.1 Å². The van der Waals surface area contributed by atoms with Gasteiger partial charge in [0.05, 0.1) is 5.56 Å². The van der Waals surface area contributed by atoms with Crippen molar-refractivity contribution >= 4 is 5.82 Å². The van der Waals surface area contributed by atoms with E-state index < -0.39 is 11.9 Å². The molecule has 0 amide bonds. The first-order valence-corrected chi connectivity index (χ1v) is 5.82. The van der Waals surface area contributed by atoms with Crippen molar-refractivity contribution in [3.63, 3.8) is 0 Å². The molecule has 6 heteroatoms. The van der Waals surface area contributed by atoms with E-state index in [1.54, 1.807) is 24.3 Å². The number of aromatic amines is 1. The number of alkyl halides is 3. The van der Waals surface area contributed by atoms with Gasteiger partial charge in [-0.2, -0.15) is 18.3 Å². The fourth-order valence-electron chi connectivity index (χ4n) is 1.89. The molecule has 2 rings (SSSR count). The van der Waals surface area contributed by atoms with Crippen molar-refractivity contribution in [1.29, 1.82) is 0 Å². The van der Waals surface area contributed by atoms with Gasteiger partial charge in [0.1, 0.15) is 5.69 Å². The number of benzene rings is 1. The third-order valence-electron chi connectivity index (χ3n) is 2.94. The SMILES string of the molecule is CC(C)c1ccc(-c2c(N)n[nH]c2C(F)(F)F)cc1. The Balaban J connectivity index is 2.50. The molecule has 1 heterocycles. The Labute approximate surface area is 108 Å². The molecule has 0 unspecified atom stereocenters. The topological polar surface area (TPSA) is 54.7 Å².